The van der Waals surface area contributed by atoms with Gasteiger partial charge in [-0.15, -0.1) is 11.3 Å². The molecule has 0 saturated carbocycles. The summed E-state index contributed by atoms with van der Waals surface area (Å²) in [5, 5.41) is 12.5. The average Bonchev–Trinajstić information content (AvgIpc) is 2.74. The van der Waals surface area contributed by atoms with Crippen LogP contribution in [0.1, 0.15) is 21.4 Å². The molecular weight excluding hydrogens is 274 g/mol. The molecule has 1 atom stereocenters. The molecule has 0 spiro atoms. The van der Waals surface area contributed by atoms with E-state index in [9.17, 15) is 9.90 Å². The number of benzene rings is 1. The van der Waals surface area contributed by atoms with Crippen molar-refractivity contribution in [2.45, 2.75) is 19.9 Å². The fraction of sp³-hybridized carbons (Fsp3) is 0.267. The van der Waals surface area contributed by atoms with Crippen LogP contribution in [0.5, 0.6) is 5.75 Å². The number of para-hydroxylation sites is 2. The number of ether oxygens (including phenoxy) is 1. The van der Waals surface area contributed by atoms with Crippen LogP contribution in [0, 0.1) is 13.8 Å². The molecule has 106 valence electrons. The molecule has 0 radical (unpaired) electrons. The van der Waals surface area contributed by atoms with Crippen molar-refractivity contribution in [3.63, 3.8) is 0 Å². The largest absolute Gasteiger partial charge is 0.495 e. The van der Waals surface area contributed by atoms with Gasteiger partial charge in [0.2, 0.25) is 0 Å². The van der Waals surface area contributed by atoms with Crippen LogP contribution in [0.2, 0.25) is 0 Å². The third kappa shape index (κ3) is 2.93. The molecule has 0 saturated heterocycles. The second-order valence-electron chi connectivity index (χ2n) is 4.48. The molecule has 20 heavy (non-hydrogen) atoms. The maximum absolute atomic E-state index is 11.6. The van der Waals surface area contributed by atoms with Gasteiger partial charge in [0.1, 0.15) is 5.75 Å². The average molecular weight is 291 g/mol. The summed E-state index contributed by atoms with van der Waals surface area (Å²) in [6, 6.07) is 8.43. The van der Waals surface area contributed by atoms with Gasteiger partial charge in [-0.2, -0.15) is 0 Å². The van der Waals surface area contributed by atoms with Gasteiger partial charge in [-0.25, -0.2) is 4.79 Å². The topological polar surface area (TPSA) is 58.6 Å². The van der Waals surface area contributed by atoms with E-state index in [0.29, 0.717) is 11.4 Å². The Morgan fingerprint density at radius 1 is 1.35 bits per heavy atom. The lowest BCUT2D eigenvalue weighted by Crippen LogP contribution is -2.21. The zero-order valence-corrected chi connectivity index (χ0v) is 12.5. The highest BCUT2D eigenvalue weighted by molar-refractivity contribution is 7.12. The molecule has 2 aromatic rings. The maximum atomic E-state index is 11.6. The number of aryl methyl sites for hydroxylation is 2. The Labute approximate surface area is 122 Å². The Morgan fingerprint density at radius 2 is 2.05 bits per heavy atom. The van der Waals surface area contributed by atoms with Gasteiger partial charge in [0.05, 0.1) is 12.8 Å². The number of anilines is 1. The van der Waals surface area contributed by atoms with Gasteiger partial charge in [0, 0.05) is 9.75 Å². The summed E-state index contributed by atoms with van der Waals surface area (Å²) in [7, 11) is 1.57. The monoisotopic (exact) mass is 291 g/mol. The predicted molar refractivity (Wildman–Crippen MR) is 80.8 cm³/mol. The van der Waals surface area contributed by atoms with Gasteiger partial charge in [0.25, 0.3) is 0 Å². The minimum atomic E-state index is -0.906. The first kappa shape index (κ1) is 14.4. The van der Waals surface area contributed by atoms with Crippen molar-refractivity contribution in [1.29, 1.82) is 0 Å². The Morgan fingerprint density at radius 3 is 2.60 bits per heavy atom. The summed E-state index contributed by atoms with van der Waals surface area (Å²) >= 11 is 1.60. The smallest absolute Gasteiger partial charge is 0.330 e. The predicted octanol–water partition coefficient (Wildman–Crippen LogP) is 3.61. The number of rotatable bonds is 5. The molecule has 2 N–H and O–H groups in total. The lowest BCUT2D eigenvalue weighted by Gasteiger charge is -2.17. The van der Waals surface area contributed by atoms with E-state index in [1.807, 2.05) is 38.1 Å². The summed E-state index contributed by atoms with van der Waals surface area (Å²) < 4.78 is 5.24. The van der Waals surface area contributed by atoms with Crippen molar-refractivity contribution in [3.8, 4) is 5.75 Å². The van der Waals surface area contributed by atoms with E-state index >= 15 is 0 Å². The highest BCUT2D eigenvalue weighted by Crippen LogP contribution is 2.32. The molecule has 1 aromatic heterocycles. The molecule has 0 aliphatic rings. The highest BCUT2D eigenvalue weighted by Gasteiger charge is 2.24. The second kappa shape index (κ2) is 5.96. The number of carbonyl (C=O) groups is 1. The van der Waals surface area contributed by atoms with E-state index in [4.69, 9.17) is 4.74 Å². The van der Waals surface area contributed by atoms with Crippen molar-refractivity contribution in [2.75, 3.05) is 12.4 Å². The van der Waals surface area contributed by atoms with E-state index in [0.717, 1.165) is 15.3 Å². The van der Waals surface area contributed by atoms with Crippen LogP contribution in [0.25, 0.3) is 0 Å². The van der Waals surface area contributed by atoms with Crippen molar-refractivity contribution >= 4 is 23.0 Å². The zero-order valence-electron chi connectivity index (χ0n) is 11.6. The first-order valence-electron chi connectivity index (χ1n) is 6.22. The Balaban J connectivity index is 2.36. The summed E-state index contributed by atoms with van der Waals surface area (Å²) in [6.07, 6.45) is 0. The van der Waals surface area contributed by atoms with Crippen LogP contribution in [0.3, 0.4) is 0 Å². The number of carboxylic acids is 1. The fourth-order valence-electron chi connectivity index (χ4n) is 2.13. The normalized spacial score (nSPS) is 11.9. The summed E-state index contributed by atoms with van der Waals surface area (Å²) in [6.45, 7) is 3.91. The van der Waals surface area contributed by atoms with E-state index < -0.39 is 12.0 Å². The lowest BCUT2D eigenvalue weighted by atomic mass is 10.1. The molecule has 2 rings (SSSR count). The quantitative estimate of drug-likeness (QED) is 0.883. The number of hydrogen-bond donors (Lipinski definition) is 2. The molecule has 1 aromatic carbocycles. The standard InChI is InChI=1S/C15H17NO3S/c1-9-8-11(10(2)20-9)14(15(17)18)16-12-6-4-5-7-13(12)19-3/h4-8,14,16H,1-3H3,(H,17,18). The third-order valence-electron chi connectivity index (χ3n) is 3.04. The molecule has 4 nitrogen and oxygen atoms in total. The van der Waals surface area contributed by atoms with Crippen molar-refractivity contribution in [1.82, 2.24) is 0 Å². The molecule has 0 aliphatic heterocycles. The molecule has 1 heterocycles. The van der Waals surface area contributed by atoms with E-state index in [1.165, 1.54) is 0 Å². The third-order valence-corrected chi connectivity index (χ3v) is 4.03. The highest BCUT2D eigenvalue weighted by atomic mass is 32.1. The number of thiophene rings is 1. The van der Waals surface area contributed by atoms with E-state index in [2.05, 4.69) is 5.32 Å². The molecule has 1 unspecified atom stereocenters. The Kier molecular flexibility index (Phi) is 4.29. The second-order valence-corrected chi connectivity index (χ2v) is 5.94. The molecular formula is C15H17NO3S. The molecule has 0 bridgehead atoms. The van der Waals surface area contributed by atoms with Crippen LogP contribution < -0.4 is 10.1 Å². The van der Waals surface area contributed by atoms with E-state index in [-0.39, 0.29) is 0 Å². The van der Waals surface area contributed by atoms with Gasteiger partial charge < -0.3 is 15.2 Å². The summed E-state index contributed by atoms with van der Waals surface area (Å²) in [4.78, 5) is 13.7. The van der Waals surface area contributed by atoms with Crippen molar-refractivity contribution in [3.05, 3.63) is 45.6 Å². The SMILES string of the molecule is COc1ccccc1NC(C(=O)O)c1cc(C)sc1C. The first-order valence-corrected chi connectivity index (χ1v) is 7.04. The first-order chi connectivity index (χ1) is 9.52. The van der Waals surface area contributed by atoms with Gasteiger partial charge in [-0.05, 0) is 37.6 Å². The van der Waals surface area contributed by atoms with Crippen LogP contribution >= 0.6 is 11.3 Å². The summed E-state index contributed by atoms with van der Waals surface area (Å²) in [5.74, 6) is -0.278. The number of methoxy groups -OCH3 is 1. The van der Waals surface area contributed by atoms with Crippen LogP contribution in [0.15, 0.2) is 30.3 Å². The fourth-order valence-corrected chi connectivity index (χ4v) is 3.09. The molecule has 5 heteroatoms. The Hall–Kier alpha value is -2.01. The van der Waals surface area contributed by atoms with Crippen LogP contribution in [-0.4, -0.2) is 18.2 Å². The van der Waals surface area contributed by atoms with Gasteiger partial charge in [-0.3, -0.25) is 0 Å². The summed E-state index contributed by atoms with van der Waals surface area (Å²) in [5.41, 5.74) is 1.47. The number of aliphatic carboxylic acids is 1. The number of nitrogens with one attached hydrogen (secondary N) is 1. The van der Waals surface area contributed by atoms with E-state index in [1.54, 1.807) is 24.5 Å². The van der Waals surface area contributed by atoms with Crippen molar-refractivity contribution in [2.24, 2.45) is 0 Å². The Bertz CT molecular complexity index is 621. The van der Waals surface area contributed by atoms with Gasteiger partial charge in [-0.1, -0.05) is 12.1 Å². The number of carboxylic acid groups (broad SMARTS) is 1. The minimum absolute atomic E-state index is 0.628. The van der Waals surface area contributed by atoms with Gasteiger partial charge in [0.15, 0.2) is 6.04 Å². The minimum Gasteiger partial charge on any atom is -0.495 e. The number of hydrogen-bond acceptors (Lipinski definition) is 4. The molecule has 0 amide bonds. The van der Waals surface area contributed by atoms with Gasteiger partial charge >= 0.3 is 5.97 Å². The molecule has 0 aliphatic carbocycles. The maximum Gasteiger partial charge on any atom is 0.330 e. The van der Waals surface area contributed by atoms with Crippen LogP contribution in [-0.2, 0) is 4.79 Å². The van der Waals surface area contributed by atoms with Crippen molar-refractivity contribution < 1.29 is 14.6 Å². The lowest BCUT2D eigenvalue weighted by molar-refractivity contribution is -0.138. The van der Waals surface area contributed by atoms with Crippen LogP contribution in [0.4, 0.5) is 5.69 Å². The molecule has 0 fully saturated rings. The zero-order chi connectivity index (χ0) is 14.7.